The topological polar surface area (TPSA) is 143 Å². The zero-order chi connectivity index (χ0) is 17.8. The quantitative estimate of drug-likeness (QED) is 0.679. The fourth-order valence-corrected chi connectivity index (χ4v) is 2.62. The Bertz CT molecular complexity index is 835. The van der Waals surface area contributed by atoms with Crippen LogP contribution in [0.4, 0.5) is 0 Å². The largest absolute Gasteiger partial charge is 0.248 e. The maximum Gasteiger partial charge on any atom is 0.0627 e. The van der Waals surface area contributed by atoms with Crippen LogP contribution >= 0.6 is 0 Å². The Balaban J connectivity index is 2.86. The van der Waals surface area contributed by atoms with Gasteiger partial charge in [0.1, 0.15) is 0 Å². The monoisotopic (exact) mass is 306 g/mol. The molecule has 24 heavy (non-hydrogen) atoms. The van der Waals surface area contributed by atoms with E-state index in [1.54, 1.807) is 0 Å². The number of nitriles is 6. The normalized spacial score (nSPS) is 19.2. The van der Waals surface area contributed by atoms with E-state index in [0.717, 1.165) is 0 Å². The van der Waals surface area contributed by atoms with E-state index in [1.807, 2.05) is 36.4 Å². The van der Waals surface area contributed by atoms with E-state index in [-0.39, 0.29) is 22.3 Å². The Morgan fingerprint density at radius 2 is 0.792 bits per heavy atom. The second-order valence-corrected chi connectivity index (χ2v) is 5.10. The van der Waals surface area contributed by atoms with Crippen LogP contribution in [0.2, 0.25) is 0 Å². The fraction of sp³-hybridized carbons (Fsp3) is 0.111. The molecule has 0 radical (unpaired) electrons. The minimum absolute atomic E-state index is 0.0543. The molecule has 2 rings (SSSR count). The van der Waals surface area contributed by atoms with Gasteiger partial charge < -0.3 is 0 Å². The molecule has 0 amide bonds. The van der Waals surface area contributed by atoms with Gasteiger partial charge in [0.05, 0.1) is 23.0 Å². The van der Waals surface area contributed by atoms with Crippen LogP contribution in [0.15, 0.2) is 46.6 Å². The maximum atomic E-state index is 9.78. The van der Waals surface area contributed by atoms with Crippen LogP contribution in [0.1, 0.15) is 0 Å². The highest BCUT2D eigenvalue weighted by molar-refractivity contribution is 5.62. The summed E-state index contributed by atoms with van der Waals surface area (Å²) in [5.74, 6) is 0. The molecule has 0 saturated heterocycles. The van der Waals surface area contributed by atoms with Crippen molar-refractivity contribution in [3.63, 3.8) is 0 Å². The summed E-state index contributed by atoms with van der Waals surface area (Å²) in [7, 11) is 0. The molecule has 0 aliphatic heterocycles. The first kappa shape index (κ1) is 16.0. The van der Waals surface area contributed by atoms with Gasteiger partial charge >= 0.3 is 0 Å². The van der Waals surface area contributed by atoms with E-state index in [9.17, 15) is 10.5 Å². The lowest BCUT2D eigenvalue weighted by molar-refractivity contribution is 0.422. The molecule has 6 heteroatoms. The van der Waals surface area contributed by atoms with Crippen LogP contribution in [0, 0.1) is 91.7 Å². The molecule has 0 bridgehead atoms. The van der Waals surface area contributed by atoms with E-state index in [1.165, 1.54) is 37.1 Å². The number of rotatable bonds is 1. The molecular formula is C18H6N6-2. The highest BCUT2D eigenvalue weighted by Crippen LogP contribution is 2.50. The Morgan fingerprint density at radius 1 is 0.542 bits per heavy atom. The lowest BCUT2D eigenvalue weighted by Crippen LogP contribution is -2.38. The molecule has 0 aromatic rings. The molecule has 0 spiro atoms. The van der Waals surface area contributed by atoms with Crippen molar-refractivity contribution >= 4 is 0 Å². The molecule has 0 saturated carbocycles. The molecular weight excluding hydrogens is 300 g/mol. The summed E-state index contributed by atoms with van der Waals surface area (Å²) in [4.78, 5) is 0. The van der Waals surface area contributed by atoms with E-state index >= 15 is 0 Å². The average molecular weight is 306 g/mol. The smallest absolute Gasteiger partial charge is 0.0627 e. The van der Waals surface area contributed by atoms with Gasteiger partial charge in [-0.1, -0.05) is 22.3 Å². The van der Waals surface area contributed by atoms with Gasteiger partial charge in [0.15, 0.2) is 0 Å². The zero-order valence-corrected chi connectivity index (χ0v) is 12.1. The molecule has 0 unspecified atom stereocenters. The summed E-state index contributed by atoms with van der Waals surface area (Å²) in [6.07, 6.45) is 7.72. The van der Waals surface area contributed by atoms with Crippen LogP contribution in [-0.4, -0.2) is 0 Å². The molecule has 110 valence electrons. The van der Waals surface area contributed by atoms with Gasteiger partial charge in [-0.25, -0.2) is 21.0 Å². The molecule has 2 aliphatic rings. The van der Waals surface area contributed by atoms with Crippen LogP contribution in [0.5, 0.6) is 0 Å². The third kappa shape index (κ3) is 2.25. The second kappa shape index (κ2) is 5.79. The lowest BCUT2D eigenvalue weighted by atomic mass is 9.59. The first-order valence-corrected chi connectivity index (χ1v) is 6.56. The minimum Gasteiger partial charge on any atom is -0.248 e. The third-order valence-corrected chi connectivity index (χ3v) is 3.73. The zero-order valence-electron chi connectivity index (χ0n) is 12.1. The molecule has 0 heterocycles. The molecule has 0 N–H and O–H groups in total. The summed E-state index contributed by atoms with van der Waals surface area (Å²) >= 11 is 0. The standard InChI is InChI=1S/C18H6N6/c19-7-13-1-14(8-20)4-17(3-13,11-23)18(12-24)5-15(9-21)2-16(6-18)10-22/h1-6H/q-2. The predicted octanol–water partition coefficient (Wildman–Crippen LogP) is 2.24. The van der Waals surface area contributed by atoms with Crippen molar-refractivity contribution in [2.24, 2.45) is 10.8 Å². The van der Waals surface area contributed by atoms with E-state index in [2.05, 4.69) is 0 Å². The number of hydrogen-bond acceptors (Lipinski definition) is 6. The number of hydrogen-bond donors (Lipinski definition) is 0. The van der Waals surface area contributed by atoms with Crippen molar-refractivity contribution in [2.45, 2.75) is 0 Å². The van der Waals surface area contributed by atoms with Gasteiger partial charge in [-0.2, -0.15) is 10.5 Å². The molecule has 0 atom stereocenters. The van der Waals surface area contributed by atoms with Gasteiger partial charge in [0, 0.05) is 0 Å². The van der Waals surface area contributed by atoms with Crippen molar-refractivity contribution in [3.8, 4) is 36.4 Å². The van der Waals surface area contributed by atoms with Crippen LogP contribution in [0.25, 0.3) is 0 Å². The fourth-order valence-electron chi connectivity index (χ4n) is 2.62. The summed E-state index contributed by atoms with van der Waals surface area (Å²) in [6, 6.07) is 11.4. The SMILES string of the molecule is N#CC1=CC(C#N)(C2(C#N)C=C(C#N)[CH-]C(C#N)=C2)C=C(C#N)[CH-]1. The molecule has 0 fully saturated rings. The average Bonchev–Trinajstić information content (AvgIpc) is 2.66. The van der Waals surface area contributed by atoms with Gasteiger partial charge in [-0.05, 0) is 24.3 Å². The third-order valence-electron chi connectivity index (χ3n) is 3.73. The Hall–Kier alpha value is -4.36. The van der Waals surface area contributed by atoms with Crippen molar-refractivity contribution < 1.29 is 0 Å². The Kier molecular flexibility index (Phi) is 3.87. The molecule has 2 aliphatic carbocycles. The summed E-state index contributed by atoms with van der Waals surface area (Å²) < 4.78 is 0. The van der Waals surface area contributed by atoms with E-state index in [0.29, 0.717) is 0 Å². The Labute approximate surface area is 139 Å². The minimum atomic E-state index is -1.69. The van der Waals surface area contributed by atoms with Crippen LogP contribution in [-0.2, 0) is 0 Å². The predicted molar refractivity (Wildman–Crippen MR) is 79.5 cm³/mol. The van der Waals surface area contributed by atoms with Crippen LogP contribution < -0.4 is 0 Å². The van der Waals surface area contributed by atoms with Crippen LogP contribution in [0.3, 0.4) is 0 Å². The first-order valence-electron chi connectivity index (χ1n) is 6.56. The van der Waals surface area contributed by atoms with Gasteiger partial charge in [0.2, 0.25) is 0 Å². The first-order chi connectivity index (χ1) is 11.5. The van der Waals surface area contributed by atoms with E-state index in [4.69, 9.17) is 21.0 Å². The van der Waals surface area contributed by atoms with Gasteiger partial charge in [-0.3, -0.25) is 0 Å². The van der Waals surface area contributed by atoms with Crippen molar-refractivity contribution in [1.82, 2.24) is 0 Å². The Morgan fingerprint density at radius 3 is 0.958 bits per heavy atom. The summed E-state index contributed by atoms with van der Waals surface area (Å²) in [5, 5.41) is 56.2. The lowest BCUT2D eigenvalue weighted by Gasteiger charge is -2.44. The highest BCUT2D eigenvalue weighted by Gasteiger charge is 2.44. The number of allylic oxidation sites excluding steroid dienone is 8. The van der Waals surface area contributed by atoms with Crippen molar-refractivity contribution in [3.05, 3.63) is 59.4 Å². The van der Waals surface area contributed by atoms with Gasteiger partial charge in [-0.15, -0.1) is 37.1 Å². The second-order valence-electron chi connectivity index (χ2n) is 5.10. The summed E-state index contributed by atoms with van der Waals surface area (Å²) in [6.45, 7) is 0. The van der Waals surface area contributed by atoms with Crippen molar-refractivity contribution in [1.29, 1.82) is 31.6 Å². The van der Waals surface area contributed by atoms with Crippen molar-refractivity contribution in [2.75, 3.05) is 0 Å². The molecule has 6 nitrogen and oxygen atoms in total. The number of nitrogens with zero attached hydrogens (tertiary/aromatic N) is 6. The van der Waals surface area contributed by atoms with E-state index < -0.39 is 10.8 Å². The molecule has 0 aromatic carbocycles. The summed E-state index contributed by atoms with van der Waals surface area (Å²) in [5.41, 5.74) is -3.16. The maximum absolute atomic E-state index is 9.78. The molecule has 0 aromatic heterocycles. The highest BCUT2D eigenvalue weighted by atomic mass is 14.5. The van der Waals surface area contributed by atoms with Gasteiger partial charge in [0.25, 0.3) is 0 Å².